The zero-order chi connectivity index (χ0) is 10.6. The van der Waals surface area contributed by atoms with Crippen molar-refractivity contribution in [3.05, 3.63) is 12.7 Å². The van der Waals surface area contributed by atoms with Gasteiger partial charge in [-0.25, -0.2) is 4.79 Å². The molecular formula is C11H22N2O. The lowest BCUT2D eigenvalue weighted by Gasteiger charge is -2.05. The maximum Gasteiger partial charge on any atom is 0.315 e. The van der Waals surface area contributed by atoms with Crippen LogP contribution in [0.3, 0.4) is 0 Å². The lowest BCUT2D eigenvalue weighted by molar-refractivity contribution is 0.241. The van der Waals surface area contributed by atoms with Gasteiger partial charge in [-0.15, -0.1) is 6.58 Å². The smallest absolute Gasteiger partial charge is 0.315 e. The van der Waals surface area contributed by atoms with Crippen molar-refractivity contribution in [3.63, 3.8) is 0 Å². The molecule has 14 heavy (non-hydrogen) atoms. The van der Waals surface area contributed by atoms with Crippen molar-refractivity contribution in [2.45, 2.75) is 39.0 Å². The van der Waals surface area contributed by atoms with E-state index in [9.17, 15) is 4.79 Å². The van der Waals surface area contributed by atoms with E-state index >= 15 is 0 Å². The first-order valence-corrected chi connectivity index (χ1v) is 5.43. The SMILES string of the molecule is C=CCNC(=O)NCCCCCCC. The highest BCUT2D eigenvalue weighted by molar-refractivity contribution is 5.73. The van der Waals surface area contributed by atoms with Crippen molar-refractivity contribution in [2.24, 2.45) is 0 Å². The van der Waals surface area contributed by atoms with E-state index in [0.29, 0.717) is 6.54 Å². The lowest BCUT2D eigenvalue weighted by atomic mass is 10.1. The van der Waals surface area contributed by atoms with Crippen LogP contribution in [0.1, 0.15) is 39.0 Å². The van der Waals surface area contributed by atoms with Crippen molar-refractivity contribution in [1.82, 2.24) is 10.6 Å². The maximum atomic E-state index is 11.0. The summed E-state index contributed by atoms with van der Waals surface area (Å²) in [6.07, 6.45) is 7.76. The summed E-state index contributed by atoms with van der Waals surface area (Å²) in [7, 11) is 0. The van der Waals surface area contributed by atoms with Crippen LogP contribution in [-0.4, -0.2) is 19.1 Å². The van der Waals surface area contributed by atoms with Crippen LogP contribution in [0.4, 0.5) is 4.79 Å². The molecular weight excluding hydrogens is 176 g/mol. The van der Waals surface area contributed by atoms with Crippen molar-refractivity contribution >= 4 is 6.03 Å². The van der Waals surface area contributed by atoms with Crippen molar-refractivity contribution in [3.8, 4) is 0 Å². The summed E-state index contributed by atoms with van der Waals surface area (Å²) in [4.78, 5) is 11.0. The predicted molar refractivity (Wildman–Crippen MR) is 60.4 cm³/mol. The predicted octanol–water partition coefficient (Wildman–Crippen LogP) is 2.44. The van der Waals surface area contributed by atoms with Crippen LogP contribution in [0.5, 0.6) is 0 Å². The first-order chi connectivity index (χ1) is 6.81. The Hall–Kier alpha value is -0.990. The van der Waals surface area contributed by atoms with Gasteiger partial charge < -0.3 is 10.6 Å². The molecule has 0 aromatic carbocycles. The number of urea groups is 1. The Bertz CT molecular complexity index is 157. The van der Waals surface area contributed by atoms with Crippen LogP contribution in [0.25, 0.3) is 0 Å². The minimum Gasteiger partial charge on any atom is -0.338 e. The first-order valence-electron chi connectivity index (χ1n) is 5.43. The largest absolute Gasteiger partial charge is 0.338 e. The van der Waals surface area contributed by atoms with Gasteiger partial charge >= 0.3 is 6.03 Å². The molecule has 2 amide bonds. The minimum absolute atomic E-state index is 0.0969. The molecule has 3 heteroatoms. The number of carbonyl (C=O) groups excluding carboxylic acids is 1. The molecule has 0 bridgehead atoms. The quantitative estimate of drug-likeness (QED) is 0.456. The second-order valence-electron chi connectivity index (χ2n) is 3.34. The summed E-state index contributed by atoms with van der Waals surface area (Å²) in [5.41, 5.74) is 0. The highest BCUT2D eigenvalue weighted by Crippen LogP contribution is 2.00. The van der Waals surface area contributed by atoms with Gasteiger partial charge in [0, 0.05) is 13.1 Å². The Morgan fingerprint density at radius 1 is 1.21 bits per heavy atom. The molecule has 0 saturated heterocycles. The number of hydrogen-bond donors (Lipinski definition) is 2. The zero-order valence-corrected chi connectivity index (χ0v) is 9.14. The summed E-state index contributed by atoms with van der Waals surface area (Å²) in [6.45, 7) is 7.02. The fourth-order valence-electron chi connectivity index (χ4n) is 1.16. The Labute approximate surface area is 87.0 Å². The molecule has 0 radical (unpaired) electrons. The second-order valence-corrected chi connectivity index (χ2v) is 3.34. The van der Waals surface area contributed by atoms with Crippen LogP contribution >= 0.6 is 0 Å². The minimum atomic E-state index is -0.0969. The van der Waals surface area contributed by atoms with Crippen molar-refractivity contribution in [1.29, 1.82) is 0 Å². The van der Waals surface area contributed by atoms with Gasteiger partial charge in [-0.2, -0.15) is 0 Å². The van der Waals surface area contributed by atoms with Gasteiger partial charge in [0.2, 0.25) is 0 Å². The van der Waals surface area contributed by atoms with E-state index in [4.69, 9.17) is 0 Å². The number of carbonyl (C=O) groups is 1. The van der Waals surface area contributed by atoms with Crippen LogP contribution in [-0.2, 0) is 0 Å². The van der Waals surface area contributed by atoms with E-state index in [1.54, 1.807) is 6.08 Å². The topological polar surface area (TPSA) is 41.1 Å². The van der Waals surface area contributed by atoms with Crippen molar-refractivity contribution in [2.75, 3.05) is 13.1 Å². The molecule has 3 nitrogen and oxygen atoms in total. The number of nitrogens with one attached hydrogen (secondary N) is 2. The standard InChI is InChI=1S/C11H22N2O/c1-3-5-6-7-8-10-13-11(14)12-9-4-2/h4H,2-3,5-10H2,1H3,(H2,12,13,14). The van der Waals surface area contributed by atoms with Gasteiger partial charge in [0.1, 0.15) is 0 Å². The summed E-state index contributed by atoms with van der Waals surface area (Å²) in [6, 6.07) is -0.0969. The van der Waals surface area contributed by atoms with E-state index in [0.717, 1.165) is 13.0 Å². The van der Waals surface area contributed by atoms with Gasteiger partial charge in [0.15, 0.2) is 0 Å². The normalized spacial score (nSPS) is 9.50. The number of amides is 2. The molecule has 0 fully saturated rings. The molecule has 0 rings (SSSR count). The van der Waals surface area contributed by atoms with Gasteiger partial charge in [-0.3, -0.25) is 0 Å². The third-order valence-corrected chi connectivity index (χ3v) is 1.97. The highest BCUT2D eigenvalue weighted by Gasteiger charge is 1.95. The van der Waals surface area contributed by atoms with Crippen LogP contribution in [0.15, 0.2) is 12.7 Å². The summed E-state index contributed by atoms with van der Waals surface area (Å²) in [5, 5.41) is 5.46. The fraction of sp³-hybridized carbons (Fsp3) is 0.727. The Kier molecular flexibility index (Phi) is 9.38. The zero-order valence-electron chi connectivity index (χ0n) is 9.14. The molecule has 2 N–H and O–H groups in total. The van der Waals surface area contributed by atoms with E-state index < -0.39 is 0 Å². The van der Waals surface area contributed by atoms with Gasteiger partial charge in [0.05, 0.1) is 0 Å². The molecule has 0 aliphatic rings. The summed E-state index contributed by atoms with van der Waals surface area (Å²) in [5.74, 6) is 0. The fourth-order valence-corrected chi connectivity index (χ4v) is 1.16. The van der Waals surface area contributed by atoms with E-state index in [-0.39, 0.29) is 6.03 Å². The molecule has 0 spiro atoms. The van der Waals surface area contributed by atoms with Gasteiger partial charge in [-0.05, 0) is 6.42 Å². The average molecular weight is 198 g/mol. The number of unbranched alkanes of at least 4 members (excludes halogenated alkanes) is 4. The van der Waals surface area contributed by atoms with Gasteiger partial charge in [0.25, 0.3) is 0 Å². The molecule has 0 aliphatic carbocycles. The molecule has 0 aromatic heterocycles. The third kappa shape index (κ3) is 9.10. The molecule has 0 aromatic rings. The molecule has 0 saturated carbocycles. The van der Waals surface area contributed by atoms with E-state index in [2.05, 4.69) is 24.1 Å². The Morgan fingerprint density at radius 3 is 2.57 bits per heavy atom. The lowest BCUT2D eigenvalue weighted by Crippen LogP contribution is -2.35. The first kappa shape index (κ1) is 13.0. The van der Waals surface area contributed by atoms with Crippen molar-refractivity contribution < 1.29 is 4.79 Å². The molecule has 0 aliphatic heterocycles. The Morgan fingerprint density at radius 2 is 1.93 bits per heavy atom. The summed E-state index contributed by atoms with van der Waals surface area (Å²) < 4.78 is 0. The maximum absolute atomic E-state index is 11.0. The molecule has 0 heterocycles. The number of rotatable bonds is 8. The van der Waals surface area contributed by atoms with E-state index in [1.807, 2.05) is 0 Å². The highest BCUT2D eigenvalue weighted by atomic mass is 16.2. The molecule has 82 valence electrons. The summed E-state index contributed by atoms with van der Waals surface area (Å²) >= 11 is 0. The van der Waals surface area contributed by atoms with Crippen LogP contribution in [0, 0.1) is 0 Å². The van der Waals surface area contributed by atoms with Crippen LogP contribution < -0.4 is 10.6 Å². The van der Waals surface area contributed by atoms with E-state index in [1.165, 1.54) is 25.7 Å². The Balaban J connectivity index is 3.10. The second kappa shape index (κ2) is 10.1. The monoisotopic (exact) mass is 198 g/mol. The number of hydrogen-bond acceptors (Lipinski definition) is 1. The molecule has 0 atom stereocenters. The van der Waals surface area contributed by atoms with Crippen LogP contribution in [0.2, 0.25) is 0 Å². The molecule has 0 unspecified atom stereocenters. The average Bonchev–Trinajstić information content (AvgIpc) is 2.20. The third-order valence-electron chi connectivity index (χ3n) is 1.97. The van der Waals surface area contributed by atoms with Gasteiger partial charge in [-0.1, -0.05) is 38.7 Å².